The van der Waals surface area contributed by atoms with E-state index >= 15 is 0 Å². The average molecular weight is 170 g/mol. The van der Waals surface area contributed by atoms with Gasteiger partial charge >= 0.3 is 0 Å². The van der Waals surface area contributed by atoms with Crippen molar-refractivity contribution in [3.8, 4) is 10.8 Å². The first-order valence-corrected chi connectivity index (χ1v) is 3.99. The quantitative estimate of drug-likeness (QED) is 0.601. The molecular weight excluding hydrogens is 164 g/mol. The number of hydrogen-bond acceptors (Lipinski definition) is 4. The van der Waals surface area contributed by atoms with Crippen molar-refractivity contribution in [1.29, 1.82) is 0 Å². The van der Waals surface area contributed by atoms with E-state index in [4.69, 9.17) is 9.47 Å². The highest BCUT2D eigenvalue weighted by Crippen LogP contribution is 2.40. The van der Waals surface area contributed by atoms with Crippen molar-refractivity contribution in [2.24, 2.45) is 0 Å². The van der Waals surface area contributed by atoms with Crippen molar-refractivity contribution in [3.63, 3.8) is 0 Å². The topological polar surface area (TPSA) is 35.5 Å². The van der Waals surface area contributed by atoms with Crippen molar-refractivity contribution < 1.29 is 14.3 Å². The van der Waals surface area contributed by atoms with Crippen molar-refractivity contribution >= 4 is 17.1 Å². The van der Waals surface area contributed by atoms with Gasteiger partial charge in [-0.1, -0.05) is 11.3 Å². The van der Waals surface area contributed by atoms with Gasteiger partial charge in [0.15, 0.2) is 11.5 Å². The van der Waals surface area contributed by atoms with Crippen LogP contribution in [0.15, 0.2) is 6.07 Å². The lowest BCUT2D eigenvalue weighted by Crippen LogP contribution is -1.95. The van der Waals surface area contributed by atoms with E-state index in [1.54, 1.807) is 6.07 Å². The molecule has 0 aliphatic carbocycles. The van der Waals surface area contributed by atoms with Crippen LogP contribution in [0.2, 0.25) is 0 Å². The lowest BCUT2D eigenvalue weighted by atomic mass is 10.3. The van der Waals surface area contributed by atoms with E-state index in [0.29, 0.717) is 10.6 Å². The van der Waals surface area contributed by atoms with Crippen LogP contribution in [-0.2, 0) is 0 Å². The molecule has 11 heavy (non-hydrogen) atoms. The summed E-state index contributed by atoms with van der Waals surface area (Å²) in [6.45, 7) is 1.81. The molecule has 0 unspecified atom stereocenters. The highest BCUT2D eigenvalue weighted by atomic mass is 32.1. The zero-order valence-electron chi connectivity index (χ0n) is 5.92. The van der Waals surface area contributed by atoms with Gasteiger partial charge in [-0.3, -0.25) is 4.79 Å². The summed E-state index contributed by atoms with van der Waals surface area (Å²) < 4.78 is 10.1. The summed E-state index contributed by atoms with van der Waals surface area (Å²) in [5.74, 6) is 0.747. The molecule has 1 aromatic heterocycles. The Kier molecular flexibility index (Phi) is 1.35. The summed E-state index contributed by atoms with van der Waals surface area (Å²) in [6, 6.07) is 1.72. The SMILES string of the molecule is CC(=O)c1cc2c(s1)OCO2. The third-order valence-corrected chi connectivity index (χ3v) is 2.55. The van der Waals surface area contributed by atoms with E-state index in [1.807, 2.05) is 0 Å². The van der Waals surface area contributed by atoms with Crippen LogP contribution in [0, 0.1) is 0 Å². The van der Waals surface area contributed by atoms with E-state index in [0.717, 1.165) is 5.06 Å². The number of rotatable bonds is 1. The molecule has 4 heteroatoms. The molecule has 1 aliphatic rings. The summed E-state index contributed by atoms with van der Waals surface area (Å²) >= 11 is 1.33. The molecule has 2 rings (SSSR count). The molecule has 0 fully saturated rings. The maximum atomic E-state index is 10.9. The molecule has 0 saturated carbocycles. The standard InChI is InChI=1S/C7H6O3S/c1-4(8)6-2-5-7(11-6)10-3-9-5/h2H,3H2,1H3. The molecule has 1 aromatic rings. The van der Waals surface area contributed by atoms with Crippen LogP contribution < -0.4 is 9.47 Å². The molecule has 0 saturated heterocycles. The van der Waals surface area contributed by atoms with Gasteiger partial charge in [-0.15, -0.1) is 0 Å². The van der Waals surface area contributed by atoms with Gasteiger partial charge in [0, 0.05) is 6.07 Å². The fourth-order valence-electron chi connectivity index (χ4n) is 0.879. The summed E-state index contributed by atoms with van der Waals surface area (Å²) in [7, 11) is 0. The first-order valence-electron chi connectivity index (χ1n) is 3.18. The molecular formula is C7H6O3S. The van der Waals surface area contributed by atoms with Crippen LogP contribution in [-0.4, -0.2) is 12.6 Å². The van der Waals surface area contributed by atoms with Gasteiger partial charge in [-0.05, 0) is 6.92 Å². The number of ether oxygens (including phenoxy) is 2. The fourth-order valence-corrected chi connectivity index (χ4v) is 1.71. The molecule has 0 bridgehead atoms. The maximum absolute atomic E-state index is 10.9. The third-order valence-electron chi connectivity index (χ3n) is 1.42. The van der Waals surface area contributed by atoms with Gasteiger partial charge in [0.2, 0.25) is 11.9 Å². The predicted octanol–water partition coefficient (Wildman–Crippen LogP) is 1.68. The zero-order chi connectivity index (χ0) is 7.84. The van der Waals surface area contributed by atoms with Crippen LogP contribution in [0.4, 0.5) is 0 Å². The number of hydrogen-bond donors (Lipinski definition) is 0. The molecule has 0 N–H and O–H groups in total. The normalized spacial score (nSPS) is 13.5. The minimum atomic E-state index is 0.0524. The second kappa shape index (κ2) is 2.23. The number of ketones is 1. The molecule has 0 aromatic carbocycles. The Labute approximate surface area is 67.5 Å². The maximum Gasteiger partial charge on any atom is 0.232 e. The molecule has 1 aliphatic heterocycles. The van der Waals surface area contributed by atoms with Crippen LogP contribution in [0.3, 0.4) is 0 Å². The van der Waals surface area contributed by atoms with E-state index < -0.39 is 0 Å². The molecule has 0 amide bonds. The molecule has 0 spiro atoms. The Morgan fingerprint density at radius 1 is 1.64 bits per heavy atom. The van der Waals surface area contributed by atoms with Gasteiger partial charge < -0.3 is 9.47 Å². The highest BCUT2D eigenvalue weighted by Gasteiger charge is 2.18. The molecule has 0 radical (unpaired) electrons. The fraction of sp³-hybridized carbons (Fsp3) is 0.286. The molecule has 3 nitrogen and oxygen atoms in total. The van der Waals surface area contributed by atoms with E-state index in [2.05, 4.69) is 0 Å². The number of carbonyl (C=O) groups excluding carboxylic acids is 1. The number of Topliss-reactive ketones (excluding diaryl/α,β-unsaturated/α-hetero) is 1. The van der Waals surface area contributed by atoms with Crippen molar-refractivity contribution in [1.82, 2.24) is 0 Å². The average Bonchev–Trinajstić information content (AvgIpc) is 2.40. The van der Waals surface area contributed by atoms with E-state index in [1.165, 1.54) is 18.3 Å². The van der Waals surface area contributed by atoms with Gasteiger partial charge in [0.1, 0.15) is 0 Å². The summed E-state index contributed by atoms with van der Waals surface area (Å²) in [6.07, 6.45) is 0. The van der Waals surface area contributed by atoms with Gasteiger partial charge in [0.05, 0.1) is 4.88 Å². The van der Waals surface area contributed by atoms with Crippen LogP contribution in [0.1, 0.15) is 16.6 Å². The third kappa shape index (κ3) is 0.991. The predicted molar refractivity (Wildman–Crippen MR) is 40.4 cm³/mol. The van der Waals surface area contributed by atoms with E-state index in [9.17, 15) is 4.79 Å². The van der Waals surface area contributed by atoms with Crippen molar-refractivity contribution in [2.45, 2.75) is 6.92 Å². The van der Waals surface area contributed by atoms with E-state index in [-0.39, 0.29) is 12.6 Å². The van der Waals surface area contributed by atoms with Crippen LogP contribution in [0.5, 0.6) is 10.8 Å². The Bertz CT molecular complexity index is 281. The molecule has 58 valence electrons. The number of thiophene rings is 1. The van der Waals surface area contributed by atoms with Gasteiger partial charge in [-0.25, -0.2) is 0 Å². The minimum Gasteiger partial charge on any atom is -0.453 e. The van der Waals surface area contributed by atoms with Gasteiger partial charge in [-0.2, -0.15) is 0 Å². The molecule has 2 heterocycles. The smallest absolute Gasteiger partial charge is 0.232 e. The first kappa shape index (κ1) is 6.67. The zero-order valence-corrected chi connectivity index (χ0v) is 6.73. The summed E-state index contributed by atoms with van der Waals surface area (Å²) in [5, 5.41) is 0.718. The lowest BCUT2D eigenvalue weighted by Gasteiger charge is -1.90. The number of carbonyl (C=O) groups is 1. The second-order valence-electron chi connectivity index (χ2n) is 2.23. The Morgan fingerprint density at radius 2 is 2.45 bits per heavy atom. The van der Waals surface area contributed by atoms with Crippen LogP contribution >= 0.6 is 11.3 Å². The first-order chi connectivity index (χ1) is 5.27. The Hall–Kier alpha value is -1.03. The Morgan fingerprint density at radius 3 is 3.09 bits per heavy atom. The highest BCUT2D eigenvalue weighted by molar-refractivity contribution is 7.16. The summed E-state index contributed by atoms with van der Waals surface area (Å²) in [4.78, 5) is 11.5. The monoisotopic (exact) mass is 170 g/mol. The Balaban J connectivity index is 2.42. The van der Waals surface area contributed by atoms with Crippen LogP contribution in [0.25, 0.3) is 0 Å². The van der Waals surface area contributed by atoms with Gasteiger partial charge in [0.25, 0.3) is 0 Å². The lowest BCUT2D eigenvalue weighted by molar-refractivity contribution is 0.102. The second-order valence-corrected chi connectivity index (χ2v) is 3.24. The van der Waals surface area contributed by atoms with Crippen molar-refractivity contribution in [3.05, 3.63) is 10.9 Å². The minimum absolute atomic E-state index is 0.0524. The summed E-state index contributed by atoms with van der Waals surface area (Å²) in [5.41, 5.74) is 0. The molecule has 0 atom stereocenters. The van der Waals surface area contributed by atoms with Crippen molar-refractivity contribution in [2.75, 3.05) is 6.79 Å². The largest absolute Gasteiger partial charge is 0.453 e. The number of fused-ring (bicyclic) bond motifs is 1.